The lowest BCUT2D eigenvalue weighted by Crippen LogP contribution is -1.92. The second-order valence-corrected chi connectivity index (χ2v) is 14.8. The normalized spacial score (nSPS) is 11.6. The van der Waals surface area contributed by atoms with Crippen LogP contribution in [0.2, 0.25) is 0 Å². The van der Waals surface area contributed by atoms with E-state index in [2.05, 4.69) is 218 Å². The van der Waals surface area contributed by atoms with Crippen LogP contribution in [-0.2, 0) is 0 Å². The highest BCUT2D eigenvalue weighted by Crippen LogP contribution is 2.45. The van der Waals surface area contributed by atoms with Gasteiger partial charge >= 0.3 is 0 Å². The molecule has 0 N–H and O–H groups in total. The van der Waals surface area contributed by atoms with Gasteiger partial charge in [0.05, 0.1) is 0 Å². The van der Waals surface area contributed by atoms with E-state index in [-0.39, 0.29) is 0 Å². The largest absolute Gasteiger partial charge is 0.0616 e. The van der Waals surface area contributed by atoms with E-state index in [9.17, 15) is 0 Å². The summed E-state index contributed by atoms with van der Waals surface area (Å²) < 4.78 is 0. The Labute approximate surface area is 326 Å². The molecule has 11 aromatic rings. The Kier molecular flexibility index (Phi) is 7.60. The lowest BCUT2D eigenvalue weighted by atomic mass is 9.84. The van der Waals surface area contributed by atoms with Crippen LogP contribution in [0.3, 0.4) is 0 Å². The minimum atomic E-state index is 1.20. The third-order valence-corrected chi connectivity index (χ3v) is 11.6. The van der Waals surface area contributed by atoms with Crippen molar-refractivity contribution in [3.05, 3.63) is 218 Å². The summed E-state index contributed by atoms with van der Waals surface area (Å²) in [4.78, 5) is 0. The zero-order valence-corrected chi connectivity index (χ0v) is 30.8. The highest BCUT2D eigenvalue weighted by Gasteiger charge is 2.18. The zero-order valence-electron chi connectivity index (χ0n) is 30.8. The monoisotopic (exact) mass is 708 g/mol. The molecule has 0 unspecified atom stereocenters. The Morgan fingerprint density at radius 1 is 0.179 bits per heavy atom. The maximum Gasteiger partial charge on any atom is -0.00262 e. The molecule has 260 valence electrons. The van der Waals surface area contributed by atoms with Crippen LogP contribution in [0.25, 0.3) is 109 Å². The molecule has 0 aliphatic carbocycles. The summed E-state index contributed by atoms with van der Waals surface area (Å²) in [5.74, 6) is 0. The van der Waals surface area contributed by atoms with Crippen molar-refractivity contribution in [1.29, 1.82) is 0 Å². The van der Waals surface area contributed by atoms with Crippen LogP contribution in [0, 0.1) is 0 Å². The van der Waals surface area contributed by atoms with Crippen molar-refractivity contribution in [2.24, 2.45) is 0 Å². The van der Waals surface area contributed by atoms with E-state index < -0.39 is 0 Å². The smallest absolute Gasteiger partial charge is 0.00262 e. The highest BCUT2D eigenvalue weighted by atomic mass is 14.2. The van der Waals surface area contributed by atoms with Gasteiger partial charge in [-0.15, -0.1) is 0 Å². The molecule has 0 bridgehead atoms. The van der Waals surface area contributed by atoms with Crippen molar-refractivity contribution >= 4 is 53.9 Å². The molecule has 0 radical (unpaired) electrons. The average molecular weight is 709 g/mol. The van der Waals surface area contributed by atoms with E-state index in [4.69, 9.17) is 0 Å². The van der Waals surface area contributed by atoms with Gasteiger partial charge in [0.1, 0.15) is 0 Å². The summed E-state index contributed by atoms with van der Waals surface area (Å²) in [5, 5.41) is 12.7. The van der Waals surface area contributed by atoms with Gasteiger partial charge in [-0.3, -0.25) is 0 Å². The SMILES string of the molecule is c1cc(-c2cccc(-c3cccc4c3ccc3ccccc34)c2)cc(-c2c3ccccc3c(-c3cccc(-c4cccc5ccccc45)c3)c3ccccc23)c1. The molecule has 0 aliphatic rings. The Morgan fingerprint density at radius 2 is 0.536 bits per heavy atom. The third kappa shape index (κ3) is 5.30. The first-order valence-electron chi connectivity index (χ1n) is 19.4. The predicted octanol–water partition coefficient (Wildman–Crippen LogP) is 15.8. The lowest BCUT2D eigenvalue weighted by molar-refractivity contribution is 1.60. The van der Waals surface area contributed by atoms with Gasteiger partial charge in [0.15, 0.2) is 0 Å². The van der Waals surface area contributed by atoms with Gasteiger partial charge in [0.2, 0.25) is 0 Å². The third-order valence-electron chi connectivity index (χ3n) is 11.6. The number of rotatable bonds is 5. The molecule has 0 saturated carbocycles. The standard InChI is InChI=1S/C56H36/c1-3-23-45-37(14-1)16-12-29-47(45)42-20-11-22-44(36-42)56-53-27-7-5-25-51(53)55(52-26-6-8-28-54(52)56)43-21-10-18-40(35-43)39-17-9-19-41(34-39)48-30-13-31-49-46-24-4-2-15-38(46)32-33-50(48)49/h1-36H. The molecule has 0 atom stereocenters. The van der Waals surface area contributed by atoms with Crippen LogP contribution in [-0.4, -0.2) is 0 Å². The van der Waals surface area contributed by atoms with Crippen LogP contribution < -0.4 is 0 Å². The van der Waals surface area contributed by atoms with Crippen LogP contribution in [0.5, 0.6) is 0 Å². The molecular weight excluding hydrogens is 673 g/mol. The molecule has 11 aromatic carbocycles. The van der Waals surface area contributed by atoms with E-state index in [0.717, 1.165) is 0 Å². The minimum absolute atomic E-state index is 1.20. The van der Waals surface area contributed by atoms with Crippen LogP contribution in [0.1, 0.15) is 0 Å². The van der Waals surface area contributed by atoms with E-state index in [1.165, 1.54) is 109 Å². The molecule has 11 rings (SSSR count). The number of fused-ring (bicyclic) bond motifs is 6. The Hall–Kier alpha value is -7.28. The number of benzene rings is 11. The molecule has 0 nitrogen and oxygen atoms in total. The minimum Gasteiger partial charge on any atom is -0.0616 e. The Bertz CT molecular complexity index is 3250. The summed E-state index contributed by atoms with van der Waals surface area (Å²) in [6, 6.07) is 80.3. The summed E-state index contributed by atoms with van der Waals surface area (Å²) in [6.07, 6.45) is 0. The summed E-state index contributed by atoms with van der Waals surface area (Å²) in [7, 11) is 0. The molecule has 0 amide bonds. The van der Waals surface area contributed by atoms with E-state index >= 15 is 0 Å². The molecule has 0 heterocycles. The number of hydrogen-bond donors (Lipinski definition) is 0. The molecule has 0 spiro atoms. The molecule has 0 heteroatoms. The predicted molar refractivity (Wildman–Crippen MR) is 241 cm³/mol. The van der Waals surface area contributed by atoms with Gasteiger partial charge in [-0.25, -0.2) is 0 Å². The van der Waals surface area contributed by atoms with Gasteiger partial charge in [-0.2, -0.15) is 0 Å². The van der Waals surface area contributed by atoms with Gasteiger partial charge < -0.3 is 0 Å². The lowest BCUT2D eigenvalue weighted by Gasteiger charge is -2.19. The van der Waals surface area contributed by atoms with E-state index in [1.54, 1.807) is 0 Å². The fourth-order valence-electron chi connectivity index (χ4n) is 9.08. The first-order chi connectivity index (χ1) is 27.8. The quantitative estimate of drug-likeness (QED) is 0.123. The maximum absolute atomic E-state index is 2.38. The van der Waals surface area contributed by atoms with Gasteiger partial charge in [-0.05, 0) is 128 Å². The maximum atomic E-state index is 2.38. The molecule has 0 fully saturated rings. The van der Waals surface area contributed by atoms with Crippen LogP contribution >= 0.6 is 0 Å². The van der Waals surface area contributed by atoms with E-state index in [0.29, 0.717) is 0 Å². The van der Waals surface area contributed by atoms with Gasteiger partial charge in [-0.1, -0.05) is 200 Å². The zero-order chi connectivity index (χ0) is 37.0. The fourth-order valence-corrected chi connectivity index (χ4v) is 9.08. The molecule has 0 aliphatic heterocycles. The van der Waals surface area contributed by atoms with Gasteiger partial charge in [0.25, 0.3) is 0 Å². The molecule has 56 heavy (non-hydrogen) atoms. The van der Waals surface area contributed by atoms with E-state index in [1.807, 2.05) is 0 Å². The van der Waals surface area contributed by atoms with Crippen molar-refractivity contribution in [3.8, 4) is 55.6 Å². The van der Waals surface area contributed by atoms with Crippen molar-refractivity contribution in [1.82, 2.24) is 0 Å². The summed E-state index contributed by atoms with van der Waals surface area (Å²) in [5.41, 5.74) is 12.3. The second kappa shape index (κ2) is 13.2. The van der Waals surface area contributed by atoms with Crippen molar-refractivity contribution in [2.75, 3.05) is 0 Å². The molecular formula is C56H36. The summed E-state index contributed by atoms with van der Waals surface area (Å²) >= 11 is 0. The van der Waals surface area contributed by atoms with Crippen molar-refractivity contribution < 1.29 is 0 Å². The summed E-state index contributed by atoms with van der Waals surface area (Å²) in [6.45, 7) is 0. The second-order valence-electron chi connectivity index (χ2n) is 14.8. The highest BCUT2D eigenvalue weighted by molar-refractivity contribution is 6.22. The average Bonchev–Trinajstić information content (AvgIpc) is 3.27. The first-order valence-corrected chi connectivity index (χ1v) is 19.4. The van der Waals surface area contributed by atoms with Crippen LogP contribution in [0.15, 0.2) is 218 Å². The van der Waals surface area contributed by atoms with Crippen molar-refractivity contribution in [2.45, 2.75) is 0 Å². The van der Waals surface area contributed by atoms with Crippen molar-refractivity contribution in [3.63, 3.8) is 0 Å². The Morgan fingerprint density at radius 3 is 1.12 bits per heavy atom. The molecule has 0 saturated heterocycles. The molecule has 0 aromatic heterocycles. The topological polar surface area (TPSA) is 0 Å². The first kappa shape index (κ1) is 32.2. The number of hydrogen-bond acceptors (Lipinski definition) is 0. The van der Waals surface area contributed by atoms with Crippen LogP contribution in [0.4, 0.5) is 0 Å². The fraction of sp³-hybridized carbons (Fsp3) is 0. The Balaban J connectivity index is 1.06. The van der Waals surface area contributed by atoms with Gasteiger partial charge in [0, 0.05) is 0 Å².